The van der Waals surface area contributed by atoms with Gasteiger partial charge >= 0.3 is 0 Å². The quantitative estimate of drug-likeness (QED) is 0.584. The summed E-state index contributed by atoms with van der Waals surface area (Å²) in [5.41, 5.74) is 3.58. The van der Waals surface area contributed by atoms with Crippen LogP contribution in [0.25, 0.3) is 0 Å². The number of hydrogen-bond donors (Lipinski definition) is 3. The number of aryl methyl sites for hydroxylation is 2. The Kier molecular flexibility index (Phi) is 7.96. The van der Waals surface area contributed by atoms with Crippen LogP contribution in [0.5, 0.6) is 0 Å². The average Bonchev–Trinajstić information content (AvgIpc) is 2.69. The summed E-state index contributed by atoms with van der Waals surface area (Å²) in [7, 11) is -2.21. The molecule has 2 aromatic carbocycles. The second-order valence-corrected chi connectivity index (χ2v) is 9.40. The van der Waals surface area contributed by atoms with Gasteiger partial charge in [0.2, 0.25) is 10.0 Å². The lowest BCUT2D eigenvalue weighted by Crippen LogP contribution is -2.88. The minimum Gasteiger partial charge on any atom is -0.332 e. The van der Waals surface area contributed by atoms with Gasteiger partial charge in [0.05, 0.1) is 4.90 Å². The van der Waals surface area contributed by atoms with Crippen molar-refractivity contribution in [2.24, 2.45) is 5.92 Å². The van der Waals surface area contributed by atoms with Crippen molar-refractivity contribution in [3.63, 3.8) is 0 Å². The number of carbonyl (C=O) groups excluding carboxylic acids is 1. The largest absolute Gasteiger partial charge is 0.332 e. The Balaban J connectivity index is 2.07. The number of anilines is 1. The van der Waals surface area contributed by atoms with Gasteiger partial charge in [0.25, 0.3) is 5.91 Å². The number of benzene rings is 2. The number of carbonyl (C=O) groups is 1. The van der Waals surface area contributed by atoms with Gasteiger partial charge in [-0.25, -0.2) is 13.1 Å². The topological polar surface area (TPSA) is 91.9 Å². The summed E-state index contributed by atoms with van der Waals surface area (Å²) >= 11 is 0. The van der Waals surface area contributed by atoms with Crippen molar-refractivity contribution in [2.45, 2.75) is 45.1 Å². The van der Waals surface area contributed by atoms with Crippen LogP contribution in [0.15, 0.2) is 47.4 Å². The van der Waals surface area contributed by atoms with E-state index in [1.165, 1.54) is 24.2 Å². The Labute approximate surface area is 174 Å². The van der Waals surface area contributed by atoms with Crippen molar-refractivity contribution >= 4 is 21.6 Å². The number of quaternary nitrogens is 1. The summed E-state index contributed by atoms with van der Waals surface area (Å²) in [6.45, 7) is 8.38. The van der Waals surface area contributed by atoms with Crippen LogP contribution in [0.3, 0.4) is 0 Å². The number of rotatable bonds is 9. The fourth-order valence-electron chi connectivity index (χ4n) is 3.29. The zero-order valence-electron chi connectivity index (χ0n) is 17.8. The van der Waals surface area contributed by atoms with Crippen LogP contribution in [0.1, 0.15) is 43.5 Å². The van der Waals surface area contributed by atoms with Crippen LogP contribution in [-0.4, -0.2) is 27.9 Å². The lowest BCUT2D eigenvalue weighted by Gasteiger charge is -2.20. The minimum absolute atomic E-state index is 0.165. The van der Waals surface area contributed by atoms with Crippen LogP contribution in [0.2, 0.25) is 0 Å². The molecule has 158 valence electrons. The Bertz CT molecular complexity index is 938. The second-order valence-electron chi connectivity index (χ2n) is 7.54. The normalized spacial score (nSPS) is 12.8. The molecule has 6 nitrogen and oxygen atoms in total. The molecule has 0 aliphatic heterocycles. The first kappa shape index (κ1) is 23.1. The third kappa shape index (κ3) is 6.13. The maximum Gasteiger partial charge on any atom is 0.279 e. The van der Waals surface area contributed by atoms with E-state index in [1.54, 1.807) is 19.1 Å². The predicted molar refractivity (Wildman–Crippen MR) is 116 cm³/mol. The summed E-state index contributed by atoms with van der Waals surface area (Å²) < 4.78 is 26.6. The Morgan fingerprint density at radius 3 is 2.31 bits per heavy atom. The summed E-state index contributed by atoms with van der Waals surface area (Å²) in [6.07, 6.45) is 1.00. The minimum atomic E-state index is -3.58. The molecule has 4 N–H and O–H groups in total. The summed E-state index contributed by atoms with van der Waals surface area (Å²) in [6, 6.07) is 13.6. The van der Waals surface area contributed by atoms with E-state index in [-0.39, 0.29) is 23.4 Å². The molecule has 0 spiro atoms. The Morgan fingerprint density at radius 1 is 1.10 bits per heavy atom. The second kappa shape index (κ2) is 10.0. The molecule has 0 saturated heterocycles. The van der Waals surface area contributed by atoms with Crippen LogP contribution in [-0.2, 0) is 21.2 Å². The van der Waals surface area contributed by atoms with Crippen molar-refractivity contribution in [2.75, 3.05) is 18.9 Å². The smallest absolute Gasteiger partial charge is 0.279 e. The van der Waals surface area contributed by atoms with Crippen molar-refractivity contribution in [1.82, 2.24) is 4.72 Å². The maximum absolute atomic E-state index is 12.5. The molecule has 1 amide bonds. The summed E-state index contributed by atoms with van der Waals surface area (Å²) in [5.74, 6) is 0.194. The zero-order valence-corrected chi connectivity index (χ0v) is 18.6. The number of nitrogens with one attached hydrogen (secondary N) is 2. The van der Waals surface area contributed by atoms with Crippen LogP contribution in [0, 0.1) is 12.8 Å². The van der Waals surface area contributed by atoms with E-state index in [4.69, 9.17) is 0 Å². The number of hydrogen-bond acceptors (Lipinski definition) is 3. The zero-order chi connectivity index (χ0) is 21.6. The maximum atomic E-state index is 12.5. The molecule has 0 fully saturated rings. The number of sulfonamides is 1. The monoisotopic (exact) mass is 418 g/mol. The van der Waals surface area contributed by atoms with Crippen molar-refractivity contribution < 1.29 is 18.5 Å². The molecule has 29 heavy (non-hydrogen) atoms. The van der Waals surface area contributed by atoms with Gasteiger partial charge in [0, 0.05) is 17.2 Å². The summed E-state index contributed by atoms with van der Waals surface area (Å²) in [4.78, 5) is 12.6. The number of amides is 1. The molecule has 0 aliphatic carbocycles. The van der Waals surface area contributed by atoms with E-state index in [0.717, 1.165) is 6.42 Å². The molecule has 2 rings (SSSR count). The van der Waals surface area contributed by atoms with Gasteiger partial charge in [-0.05, 0) is 43.7 Å². The average molecular weight is 419 g/mol. The highest BCUT2D eigenvalue weighted by molar-refractivity contribution is 7.89. The predicted octanol–water partition coefficient (Wildman–Crippen LogP) is 2.36. The highest BCUT2D eigenvalue weighted by Gasteiger charge is 2.21. The number of nitrogens with two attached hydrogens (primary N) is 1. The highest BCUT2D eigenvalue weighted by Crippen LogP contribution is 2.20. The van der Waals surface area contributed by atoms with Gasteiger partial charge in [-0.1, -0.05) is 51.1 Å². The Hall–Kier alpha value is -2.22. The van der Waals surface area contributed by atoms with Crippen LogP contribution < -0.4 is 15.4 Å². The molecule has 0 aliphatic rings. The molecule has 7 heteroatoms. The first-order valence-electron chi connectivity index (χ1n) is 9.94. The van der Waals surface area contributed by atoms with Crippen molar-refractivity contribution in [3.05, 3.63) is 59.2 Å². The van der Waals surface area contributed by atoms with Gasteiger partial charge < -0.3 is 10.6 Å². The third-order valence-electron chi connectivity index (χ3n) is 5.08. The first-order valence-corrected chi connectivity index (χ1v) is 11.4. The van der Waals surface area contributed by atoms with E-state index in [0.29, 0.717) is 17.2 Å². The third-order valence-corrected chi connectivity index (χ3v) is 6.63. The van der Waals surface area contributed by atoms with Gasteiger partial charge in [0.15, 0.2) is 6.54 Å². The van der Waals surface area contributed by atoms with E-state index < -0.39 is 10.0 Å². The van der Waals surface area contributed by atoms with Crippen molar-refractivity contribution in [1.29, 1.82) is 0 Å². The SMILES string of the molecule is CCc1ccc([C@@H]([NH2+]CC(=O)Nc2ccc(C)c(S(=O)(=O)NC)c2)C(C)C)cc1. The van der Waals surface area contributed by atoms with Gasteiger partial charge in [-0.2, -0.15) is 0 Å². The lowest BCUT2D eigenvalue weighted by atomic mass is 9.95. The molecule has 0 aromatic heterocycles. The van der Waals surface area contributed by atoms with Crippen LogP contribution in [0.4, 0.5) is 5.69 Å². The fourth-order valence-corrected chi connectivity index (χ4v) is 4.29. The fraction of sp³-hybridized carbons (Fsp3) is 0.409. The van der Waals surface area contributed by atoms with Gasteiger partial charge in [-0.15, -0.1) is 0 Å². The highest BCUT2D eigenvalue weighted by atomic mass is 32.2. The summed E-state index contributed by atoms with van der Waals surface area (Å²) in [5, 5.41) is 4.84. The molecular weight excluding hydrogens is 386 g/mol. The van der Waals surface area contributed by atoms with E-state index in [2.05, 4.69) is 55.1 Å². The van der Waals surface area contributed by atoms with Gasteiger partial charge in [-0.3, -0.25) is 4.79 Å². The van der Waals surface area contributed by atoms with Crippen LogP contribution >= 0.6 is 0 Å². The molecule has 2 aromatic rings. The molecular formula is C22H32N3O3S+. The van der Waals surface area contributed by atoms with Crippen molar-refractivity contribution in [3.8, 4) is 0 Å². The van der Waals surface area contributed by atoms with E-state index in [9.17, 15) is 13.2 Å². The molecule has 0 unspecified atom stereocenters. The molecule has 0 radical (unpaired) electrons. The molecule has 0 bridgehead atoms. The van der Waals surface area contributed by atoms with E-state index >= 15 is 0 Å². The van der Waals surface area contributed by atoms with Gasteiger partial charge in [0.1, 0.15) is 6.04 Å². The lowest BCUT2D eigenvalue weighted by molar-refractivity contribution is -0.692. The molecule has 1 atom stereocenters. The van der Waals surface area contributed by atoms with E-state index in [1.807, 2.05) is 5.32 Å². The standard InChI is InChI=1S/C22H31N3O3S/c1-6-17-8-10-18(11-9-17)22(15(2)3)24-14-21(26)25-19-12-7-16(4)20(13-19)29(27,28)23-5/h7-13,15,22-24H,6,14H2,1-5H3,(H,25,26)/p+1/t22-/m0/s1. The molecule has 0 heterocycles. The molecule has 0 saturated carbocycles. The first-order chi connectivity index (χ1) is 13.7. The Morgan fingerprint density at radius 2 is 1.76 bits per heavy atom.